The van der Waals surface area contributed by atoms with E-state index in [0.29, 0.717) is 48.5 Å². The summed E-state index contributed by atoms with van der Waals surface area (Å²) in [6.45, 7) is 6.07. The van der Waals surface area contributed by atoms with Gasteiger partial charge in [-0.3, -0.25) is 4.79 Å². The Morgan fingerprint density at radius 1 is 1.13 bits per heavy atom. The molecule has 1 aliphatic heterocycles. The fourth-order valence-electron chi connectivity index (χ4n) is 7.72. The van der Waals surface area contributed by atoms with Gasteiger partial charge in [-0.05, 0) is 62.8 Å². The molecule has 5 fully saturated rings. The minimum atomic E-state index is -1.20. The zero-order valence-electron chi connectivity index (χ0n) is 18.6. The summed E-state index contributed by atoms with van der Waals surface area (Å²) in [5.74, 6) is 1.36. The molecule has 7 nitrogen and oxygen atoms in total. The summed E-state index contributed by atoms with van der Waals surface area (Å²) in [7, 11) is 0. The molecule has 7 atom stereocenters. The first-order valence-electron chi connectivity index (χ1n) is 11.7. The quantitative estimate of drug-likeness (QED) is 0.439. The van der Waals surface area contributed by atoms with Gasteiger partial charge in [0.1, 0.15) is 17.5 Å². The van der Waals surface area contributed by atoms with E-state index in [-0.39, 0.29) is 29.3 Å². The van der Waals surface area contributed by atoms with E-state index in [1.807, 2.05) is 0 Å². The molecule has 0 bridgehead atoms. The van der Waals surface area contributed by atoms with Crippen molar-refractivity contribution >= 4 is 29.6 Å². The maximum absolute atomic E-state index is 12.6. The van der Waals surface area contributed by atoms with E-state index in [2.05, 4.69) is 29.5 Å². The second-order valence-corrected chi connectivity index (χ2v) is 10.9. The maximum atomic E-state index is 12.6. The van der Waals surface area contributed by atoms with Crippen molar-refractivity contribution in [2.24, 2.45) is 38.9 Å². The highest BCUT2D eigenvalue weighted by Crippen LogP contribution is 2.65. The van der Waals surface area contributed by atoms with Crippen LogP contribution in [0, 0.1) is 28.6 Å². The fourth-order valence-corrected chi connectivity index (χ4v) is 7.72. The number of aliphatic hydroxyl groups is 1. The predicted molar refractivity (Wildman–Crippen MR) is 120 cm³/mol. The maximum Gasteiger partial charge on any atom is 0.141 e. The lowest BCUT2D eigenvalue weighted by molar-refractivity contribution is -0.146. The third-order valence-corrected chi connectivity index (χ3v) is 9.68. The zero-order valence-corrected chi connectivity index (χ0v) is 19.4. The summed E-state index contributed by atoms with van der Waals surface area (Å²) in [6.07, 6.45) is 7.04. The molecule has 3 N–H and O–H groups in total. The van der Waals surface area contributed by atoms with Gasteiger partial charge in [0.2, 0.25) is 0 Å². The van der Waals surface area contributed by atoms with Gasteiger partial charge in [-0.2, -0.15) is 0 Å². The molecule has 0 spiro atoms. The van der Waals surface area contributed by atoms with Crippen molar-refractivity contribution < 1.29 is 19.9 Å². The minimum absolute atomic E-state index is 0. The average molecular weight is 454 g/mol. The first-order chi connectivity index (χ1) is 14.3. The SMILES string of the molecule is C[C@]12CC[C@H]3[C@@H](CC(=NO)[C@@]4(O)CC(=NO[C@H]5CCNC5)CC[C@]34C)[C@@H]1CCC2=O.Cl. The van der Waals surface area contributed by atoms with Crippen molar-refractivity contribution in [3.05, 3.63) is 0 Å². The average Bonchev–Trinajstić information content (AvgIpc) is 3.35. The largest absolute Gasteiger partial charge is 0.411 e. The number of hydrogen-bond donors (Lipinski definition) is 3. The van der Waals surface area contributed by atoms with E-state index in [9.17, 15) is 15.1 Å². The minimum Gasteiger partial charge on any atom is -0.411 e. The molecular formula is C23H36ClN3O4. The van der Waals surface area contributed by atoms with Crippen molar-refractivity contribution in [1.29, 1.82) is 0 Å². The van der Waals surface area contributed by atoms with Crippen molar-refractivity contribution in [2.45, 2.75) is 83.3 Å². The lowest BCUT2D eigenvalue weighted by Gasteiger charge is -2.62. The van der Waals surface area contributed by atoms with Gasteiger partial charge in [0, 0.05) is 36.6 Å². The molecular weight excluding hydrogens is 418 g/mol. The van der Waals surface area contributed by atoms with E-state index in [4.69, 9.17) is 4.84 Å². The Kier molecular flexibility index (Phi) is 5.93. The smallest absolute Gasteiger partial charge is 0.141 e. The van der Waals surface area contributed by atoms with Crippen LogP contribution in [0.25, 0.3) is 0 Å². The van der Waals surface area contributed by atoms with Crippen LogP contribution >= 0.6 is 12.4 Å². The second-order valence-electron chi connectivity index (χ2n) is 10.9. The molecule has 5 aliphatic rings. The second kappa shape index (κ2) is 7.99. The molecule has 4 saturated carbocycles. The van der Waals surface area contributed by atoms with Crippen LogP contribution in [0.2, 0.25) is 0 Å². The number of Topliss-reactive ketones (excluding diaryl/α,β-unsaturated/α-hetero) is 1. The number of carbonyl (C=O) groups excluding carboxylic acids is 1. The van der Waals surface area contributed by atoms with Gasteiger partial charge in [0.15, 0.2) is 0 Å². The number of fused-ring (bicyclic) bond motifs is 5. The first-order valence-corrected chi connectivity index (χ1v) is 11.7. The molecule has 0 aromatic rings. The molecule has 174 valence electrons. The van der Waals surface area contributed by atoms with Crippen LogP contribution in [-0.4, -0.2) is 52.3 Å². The monoisotopic (exact) mass is 453 g/mol. The van der Waals surface area contributed by atoms with Crippen LogP contribution in [0.4, 0.5) is 0 Å². The van der Waals surface area contributed by atoms with Crippen LogP contribution in [0.3, 0.4) is 0 Å². The summed E-state index contributed by atoms with van der Waals surface area (Å²) in [5, 5.41) is 33.2. The summed E-state index contributed by atoms with van der Waals surface area (Å²) in [4.78, 5) is 18.4. The van der Waals surface area contributed by atoms with Crippen LogP contribution in [0.5, 0.6) is 0 Å². The molecule has 4 aliphatic carbocycles. The van der Waals surface area contributed by atoms with Crippen molar-refractivity contribution in [2.75, 3.05) is 13.1 Å². The lowest BCUT2D eigenvalue weighted by Crippen LogP contribution is -2.66. The number of ketones is 1. The molecule has 8 heteroatoms. The highest BCUT2D eigenvalue weighted by molar-refractivity contribution is 6.00. The molecule has 0 unspecified atom stereocenters. The summed E-state index contributed by atoms with van der Waals surface area (Å²) >= 11 is 0. The number of nitrogens with one attached hydrogen (secondary N) is 1. The molecule has 0 aromatic carbocycles. The van der Waals surface area contributed by atoms with Gasteiger partial charge in [0.25, 0.3) is 0 Å². The van der Waals surface area contributed by atoms with Gasteiger partial charge >= 0.3 is 0 Å². The number of hydrogen-bond acceptors (Lipinski definition) is 7. The summed E-state index contributed by atoms with van der Waals surface area (Å²) < 4.78 is 0. The zero-order chi connectivity index (χ0) is 21.1. The molecule has 5 rings (SSSR count). The van der Waals surface area contributed by atoms with E-state index in [1.165, 1.54) is 0 Å². The van der Waals surface area contributed by atoms with Crippen LogP contribution in [-0.2, 0) is 9.63 Å². The van der Waals surface area contributed by atoms with Gasteiger partial charge in [-0.25, -0.2) is 0 Å². The van der Waals surface area contributed by atoms with Crippen molar-refractivity contribution in [3.8, 4) is 0 Å². The third-order valence-electron chi connectivity index (χ3n) is 9.68. The van der Waals surface area contributed by atoms with E-state index < -0.39 is 5.60 Å². The number of carbonyl (C=O) groups is 1. The molecule has 0 radical (unpaired) electrons. The van der Waals surface area contributed by atoms with E-state index >= 15 is 0 Å². The highest BCUT2D eigenvalue weighted by atomic mass is 35.5. The third kappa shape index (κ3) is 3.25. The lowest BCUT2D eigenvalue weighted by atomic mass is 9.43. The van der Waals surface area contributed by atoms with E-state index in [1.54, 1.807) is 0 Å². The number of nitrogens with zero attached hydrogens (tertiary/aromatic N) is 2. The molecule has 1 saturated heterocycles. The molecule has 1 heterocycles. The van der Waals surface area contributed by atoms with Gasteiger partial charge in [-0.15, -0.1) is 12.4 Å². The molecule has 0 amide bonds. The fraction of sp³-hybridized carbons (Fsp3) is 0.870. The van der Waals surface area contributed by atoms with Gasteiger partial charge in [0.05, 0.1) is 11.4 Å². The van der Waals surface area contributed by atoms with Crippen LogP contribution in [0.15, 0.2) is 10.3 Å². The number of halogens is 1. The van der Waals surface area contributed by atoms with Gasteiger partial charge in [-0.1, -0.05) is 24.2 Å². The number of oxime groups is 2. The van der Waals surface area contributed by atoms with Gasteiger partial charge < -0.3 is 20.5 Å². The predicted octanol–water partition coefficient (Wildman–Crippen LogP) is 3.31. The Labute approximate surface area is 190 Å². The normalized spacial score (nSPS) is 49.3. The Morgan fingerprint density at radius 3 is 2.65 bits per heavy atom. The standard InChI is InChI=1S/C23H35N3O4.ClH/c1-21-8-6-18-16(17(21)3-4-20(21)27)11-19(25-29)23(28)12-14(5-9-22(18,23)2)26-30-15-7-10-24-13-15;/h15-18,24,28-29H,3-13H2,1-2H3;1H/t15-,16-,17-,18-,21-,22+,23-;/m0./s1. The Morgan fingerprint density at radius 2 is 1.94 bits per heavy atom. The first kappa shape index (κ1) is 23.0. The highest BCUT2D eigenvalue weighted by Gasteiger charge is 2.66. The summed E-state index contributed by atoms with van der Waals surface area (Å²) in [6, 6.07) is 0. The van der Waals surface area contributed by atoms with Crippen LogP contribution < -0.4 is 5.32 Å². The van der Waals surface area contributed by atoms with Crippen LogP contribution in [0.1, 0.15) is 71.6 Å². The Bertz CT molecular complexity index is 798. The van der Waals surface area contributed by atoms with E-state index in [0.717, 1.165) is 57.3 Å². The van der Waals surface area contributed by atoms with Crippen molar-refractivity contribution in [3.63, 3.8) is 0 Å². The summed E-state index contributed by atoms with van der Waals surface area (Å²) in [5.41, 5.74) is -0.479. The molecule has 31 heavy (non-hydrogen) atoms. The Hall–Kier alpha value is -1.18. The number of rotatable bonds is 2. The molecule has 0 aromatic heterocycles. The Balaban J connectivity index is 0.00000231. The topological polar surface area (TPSA) is 104 Å². The van der Waals surface area contributed by atoms with Crippen molar-refractivity contribution in [1.82, 2.24) is 5.32 Å².